The van der Waals surface area contributed by atoms with Crippen LogP contribution in [0.4, 0.5) is 0 Å². The molecule has 4 rings (SSSR count). The Balaban J connectivity index is 1.44. The summed E-state index contributed by atoms with van der Waals surface area (Å²) in [5.74, 6) is 0.726. The van der Waals surface area contributed by atoms with E-state index in [-0.39, 0.29) is 28.3 Å². The Morgan fingerprint density at radius 1 is 1.33 bits per heavy atom. The third-order valence-electron chi connectivity index (χ3n) is 7.76. The average Bonchev–Trinajstić information content (AvgIpc) is 2.95. The number of hydrogen-bond donors (Lipinski definition) is 1. The van der Waals surface area contributed by atoms with Crippen LogP contribution in [0.25, 0.3) is 10.9 Å². The van der Waals surface area contributed by atoms with Gasteiger partial charge in [-0.05, 0) is 54.6 Å². The highest BCUT2D eigenvalue weighted by Crippen LogP contribution is 2.65. The number of carbonyl (C=O) groups excluding carboxylic acids is 1. The molecule has 144 valence electrons. The number of benzene rings is 1. The minimum Gasteiger partial charge on any atom is -0.353 e. The van der Waals surface area contributed by atoms with Crippen molar-refractivity contribution in [2.24, 2.45) is 16.7 Å². The van der Waals surface area contributed by atoms with E-state index in [9.17, 15) is 9.59 Å². The molecule has 0 aliphatic heterocycles. The second kappa shape index (κ2) is 6.18. The van der Waals surface area contributed by atoms with Crippen molar-refractivity contribution in [3.05, 3.63) is 40.4 Å². The number of nitrogens with one attached hydrogen (secondary N) is 1. The van der Waals surface area contributed by atoms with Crippen LogP contribution in [-0.4, -0.2) is 21.5 Å². The van der Waals surface area contributed by atoms with Crippen molar-refractivity contribution in [3.63, 3.8) is 0 Å². The summed E-state index contributed by atoms with van der Waals surface area (Å²) in [5.41, 5.74) is 2.10. The van der Waals surface area contributed by atoms with E-state index in [0.717, 1.165) is 17.5 Å². The molecule has 0 radical (unpaired) electrons. The number of aromatic nitrogens is 2. The van der Waals surface area contributed by atoms with Crippen LogP contribution in [0.1, 0.15) is 52.0 Å². The van der Waals surface area contributed by atoms with E-state index < -0.39 is 0 Å². The SMILES string of the molecule is Cc1cccc2c(=O)n(CCC(=O)NC3CC4CCC3(C)C4(C)C)cnc12. The third-order valence-corrected chi connectivity index (χ3v) is 7.76. The molecule has 2 aliphatic rings. The highest BCUT2D eigenvalue weighted by atomic mass is 16.2. The Labute approximate surface area is 160 Å². The van der Waals surface area contributed by atoms with Gasteiger partial charge in [0.15, 0.2) is 0 Å². The number of rotatable bonds is 4. The fourth-order valence-electron chi connectivity index (χ4n) is 5.41. The van der Waals surface area contributed by atoms with E-state index in [1.54, 1.807) is 17.0 Å². The van der Waals surface area contributed by atoms with Gasteiger partial charge in [0.05, 0.1) is 17.2 Å². The summed E-state index contributed by atoms with van der Waals surface area (Å²) in [6, 6.07) is 5.86. The lowest BCUT2D eigenvalue weighted by Gasteiger charge is -2.39. The fourth-order valence-corrected chi connectivity index (χ4v) is 5.41. The average molecular weight is 367 g/mol. The number of nitrogens with zero attached hydrogens (tertiary/aromatic N) is 2. The first-order valence-electron chi connectivity index (χ1n) is 9.98. The third kappa shape index (κ3) is 2.70. The van der Waals surface area contributed by atoms with Crippen LogP contribution in [0, 0.1) is 23.7 Å². The van der Waals surface area contributed by atoms with Crippen molar-refractivity contribution in [2.75, 3.05) is 0 Å². The first-order valence-corrected chi connectivity index (χ1v) is 9.98. The second-order valence-corrected chi connectivity index (χ2v) is 9.19. The number of amides is 1. The van der Waals surface area contributed by atoms with Crippen molar-refractivity contribution >= 4 is 16.8 Å². The zero-order valence-corrected chi connectivity index (χ0v) is 16.7. The Bertz CT molecular complexity index is 962. The number of para-hydroxylation sites is 1. The normalized spacial score (nSPS) is 28.6. The van der Waals surface area contributed by atoms with Crippen molar-refractivity contribution in [1.29, 1.82) is 0 Å². The van der Waals surface area contributed by atoms with Crippen LogP contribution in [0.2, 0.25) is 0 Å². The van der Waals surface area contributed by atoms with Crippen molar-refractivity contribution in [1.82, 2.24) is 14.9 Å². The number of aryl methyl sites for hydroxylation is 2. The maximum atomic E-state index is 12.7. The van der Waals surface area contributed by atoms with Crippen LogP contribution in [0.15, 0.2) is 29.3 Å². The summed E-state index contributed by atoms with van der Waals surface area (Å²) >= 11 is 0. The molecular weight excluding hydrogens is 338 g/mol. The molecule has 2 fully saturated rings. The lowest BCUT2D eigenvalue weighted by molar-refractivity contribution is -0.123. The van der Waals surface area contributed by atoms with E-state index in [4.69, 9.17) is 0 Å². The largest absolute Gasteiger partial charge is 0.353 e. The molecule has 3 atom stereocenters. The van der Waals surface area contributed by atoms with Gasteiger partial charge in [-0.3, -0.25) is 14.2 Å². The summed E-state index contributed by atoms with van der Waals surface area (Å²) < 4.78 is 1.55. The Morgan fingerprint density at radius 3 is 2.78 bits per heavy atom. The van der Waals surface area contributed by atoms with Crippen LogP contribution in [0.3, 0.4) is 0 Å². The Kier molecular flexibility index (Phi) is 4.17. The maximum Gasteiger partial charge on any atom is 0.261 e. The molecule has 1 amide bonds. The standard InChI is InChI=1S/C22H29N3O2/c1-14-6-5-7-16-19(14)23-13-25(20(16)27)11-9-18(26)24-17-12-15-8-10-22(17,4)21(15,2)3/h5-7,13,15,17H,8-12H2,1-4H3,(H,24,26). The molecule has 5 nitrogen and oxygen atoms in total. The quantitative estimate of drug-likeness (QED) is 0.900. The van der Waals surface area contributed by atoms with Crippen molar-refractivity contribution in [2.45, 2.75) is 66.0 Å². The molecule has 2 bridgehead atoms. The summed E-state index contributed by atoms with van der Waals surface area (Å²) in [5, 5.41) is 3.88. The van der Waals surface area contributed by atoms with E-state index in [2.05, 4.69) is 31.1 Å². The van der Waals surface area contributed by atoms with Gasteiger partial charge in [-0.2, -0.15) is 0 Å². The van der Waals surface area contributed by atoms with E-state index >= 15 is 0 Å². The molecule has 1 N–H and O–H groups in total. The van der Waals surface area contributed by atoms with Gasteiger partial charge in [-0.25, -0.2) is 4.98 Å². The zero-order chi connectivity index (χ0) is 19.4. The van der Waals surface area contributed by atoms with Crippen molar-refractivity contribution in [3.8, 4) is 0 Å². The van der Waals surface area contributed by atoms with Gasteiger partial charge in [0, 0.05) is 19.0 Å². The molecule has 2 aromatic rings. The number of carbonyl (C=O) groups is 1. The first kappa shape index (κ1) is 18.2. The molecule has 0 spiro atoms. The van der Waals surface area contributed by atoms with Gasteiger partial charge >= 0.3 is 0 Å². The van der Waals surface area contributed by atoms with Gasteiger partial charge in [-0.1, -0.05) is 32.9 Å². The zero-order valence-electron chi connectivity index (χ0n) is 16.7. The molecule has 2 aliphatic carbocycles. The molecule has 2 saturated carbocycles. The van der Waals surface area contributed by atoms with Crippen LogP contribution < -0.4 is 10.9 Å². The number of hydrogen-bond acceptors (Lipinski definition) is 3. The van der Waals surface area contributed by atoms with Gasteiger partial charge in [0.25, 0.3) is 5.56 Å². The smallest absolute Gasteiger partial charge is 0.261 e. The van der Waals surface area contributed by atoms with Crippen molar-refractivity contribution < 1.29 is 4.79 Å². The molecular formula is C22H29N3O2. The van der Waals surface area contributed by atoms with Gasteiger partial charge in [-0.15, -0.1) is 0 Å². The van der Waals surface area contributed by atoms with Gasteiger partial charge in [0.2, 0.25) is 5.91 Å². The van der Waals surface area contributed by atoms with Gasteiger partial charge < -0.3 is 5.32 Å². The summed E-state index contributed by atoms with van der Waals surface area (Å²) in [7, 11) is 0. The summed E-state index contributed by atoms with van der Waals surface area (Å²) in [6.07, 6.45) is 5.39. The topological polar surface area (TPSA) is 64.0 Å². The van der Waals surface area contributed by atoms with E-state index in [1.165, 1.54) is 12.8 Å². The molecule has 27 heavy (non-hydrogen) atoms. The summed E-state index contributed by atoms with van der Waals surface area (Å²) in [4.78, 5) is 29.7. The highest BCUT2D eigenvalue weighted by molar-refractivity contribution is 5.80. The fraction of sp³-hybridized carbons (Fsp3) is 0.591. The molecule has 3 unspecified atom stereocenters. The predicted octanol–water partition coefficient (Wildman–Crippen LogP) is 3.43. The Hall–Kier alpha value is -2.17. The van der Waals surface area contributed by atoms with Crippen LogP contribution in [0.5, 0.6) is 0 Å². The van der Waals surface area contributed by atoms with Gasteiger partial charge in [0.1, 0.15) is 0 Å². The lowest BCUT2D eigenvalue weighted by atomic mass is 9.69. The van der Waals surface area contributed by atoms with Crippen LogP contribution in [-0.2, 0) is 11.3 Å². The Morgan fingerprint density at radius 2 is 2.11 bits per heavy atom. The van der Waals surface area contributed by atoms with E-state index in [1.807, 2.05) is 19.1 Å². The minimum absolute atomic E-state index is 0.0285. The summed E-state index contributed by atoms with van der Waals surface area (Å²) in [6.45, 7) is 9.32. The molecule has 1 heterocycles. The number of fused-ring (bicyclic) bond motifs is 3. The van der Waals surface area contributed by atoms with Crippen LogP contribution >= 0.6 is 0 Å². The minimum atomic E-state index is -0.0791. The first-order chi connectivity index (χ1) is 12.7. The van der Waals surface area contributed by atoms with E-state index in [0.29, 0.717) is 24.3 Å². The lowest BCUT2D eigenvalue weighted by Crippen LogP contribution is -2.47. The predicted molar refractivity (Wildman–Crippen MR) is 107 cm³/mol. The maximum absolute atomic E-state index is 12.7. The highest BCUT2D eigenvalue weighted by Gasteiger charge is 2.61. The monoisotopic (exact) mass is 367 g/mol. The molecule has 0 saturated heterocycles. The molecule has 1 aromatic carbocycles. The second-order valence-electron chi connectivity index (χ2n) is 9.19. The molecule has 1 aromatic heterocycles. The molecule has 5 heteroatoms.